The number of anilines is 3. The van der Waals surface area contributed by atoms with Crippen LogP contribution in [0.2, 0.25) is 0 Å². The first kappa shape index (κ1) is 16.1. The smallest absolute Gasteiger partial charge is 0.101 e. The molecule has 1 heterocycles. The van der Waals surface area contributed by atoms with Crippen molar-refractivity contribution < 1.29 is 0 Å². The third-order valence-corrected chi connectivity index (χ3v) is 4.87. The van der Waals surface area contributed by atoms with Gasteiger partial charge in [-0.2, -0.15) is 0 Å². The van der Waals surface area contributed by atoms with Gasteiger partial charge in [0.1, 0.15) is 6.17 Å². The molecule has 0 saturated carbocycles. The molecule has 0 saturated heterocycles. The average Bonchev–Trinajstić information content (AvgIpc) is 2.82. The Morgan fingerprint density at radius 3 is 2.90 bits per heavy atom. The molecule has 5 heteroatoms. The molecule has 0 aliphatic carbocycles. The van der Waals surface area contributed by atoms with Gasteiger partial charge >= 0.3 is 0 Å². The minimum absolute atomic E-state index is 0.409. The fourth-order valence-corrected chi connectivity index (χ4v) is 3.35. The molecule has 1 atom stereocenters. The number of nitrogens with one attached hydrogen (secondary N) is 2. The first-order chi connectivity index (χ1) is 9.69. The van der Waals surface area contributed by atoms with Gasteiger partial charge in [-0.05, 0) is 45.7 Å². The van der Waals surface area contributed by atoms with Crippen LogP contribution in [0.5, 0.6) is 0 Å². The lowest BCUT2D eigenvalue weighted by molar-refractivity contribution is 0.502. The molecule has 0 radical (unpaired) electrons. The number of hydrogen-bond acceptors (Lipinski definition) is 4. The zero-order valence-corrected chi connectivity index (χ0v) is 15.4. The number of unbranched alkanes of at least 4 members (excludes halogenated alkanes) is 1. The molecular weight excluding hydrogens is 381 g/mol. The van der Waals surface area contributed by atoms with E-state index in [0.29, 0.717) is 12.1 Å². The van der Waals surface area contributed by atoms with Gasteiger partial charge in [-0.15, -0.1) is 0 Å². The summed E-state index contributed by atoms with van der Waals surface area (Å²) in [6.07, 6.45) is 2.89. The molecule has 0 spiro atoms. The van der Waals surface area contributed by atoms with E-state index in [1.54, 1.807) is 8.93 Å². The van der Waals surface area contributed by atoms with Crippen LogP contribution in [0.4, 0.5) is 17.1 Å². The third kappa shape index (κ3) is 3.47. The lowest BCUT2D eigenvalue weighted by Gasteiger charge is -2.29. The minimum Gasteiger partial charge on any atom is -0.373 e. The third-order valence-electron chi connectivity index (χ3n) is 3.68. The molecule has 0 amide bonds. The molecule has 1 aromatic carbocycles. The van der Waals surface area contributed by atoms with Gasteiger partial charge in [-0.3, -0.25) is 0 Å². The van der Waals surface area contributed by atoms with Crippen molar-refractivity contribution in [1.82, 2.24) is 0 Å². The van der Waals surface area contributed by atoms with E-state index in [4.69, 9.17) is 0 Å². The molecule has 1 aromatic rings. The summed E-state index contributed by atoms with van der Waals surface area (Å²) in [4.78, 5) is 2.53. The van der Waals surface area contributed by atoms with Crippen LogP contribution < -0.4 is 15.5 Å². The lowest BCUT2D eigenvalue weighted by Crippen LogP contribution is -2.40. The lowest BCUT2D eigenvalue weighted by atomic mass is 10.1. The molecule has 2 rings (SSSR count). The Hall–Kier alpha value is -0.300. The van der Waals surface area contributed by atoms with E-state index in [0.717, 1.165) is 12.4 Å². The van der Waals surface area contributed by atoms with Gasteiger partial charge in [0.25, 0.3) is 0 Å². The van der Waals surface area contributed by atoms with E-state index in [1.165, 1.54) is 29.9 Å². The largest absolute Gasteiger partial charge is 0.373 e. The molecule has 2 N–H and O–H groups in total. The molecule has 1 aliphatic heterocycles. The normalized spacial score (nSPS) is 17.2. The summed E-state index contributed by atoms with van der Waals surface area (Å²) in [6, 6.07) is 6.56. The number of hydrogen-bond donors (Lipinski definition) is 2. The molecule has 0 bridgehead atoms. The van der Waals surface area contributed by atoms with Crippen molar-refractivity contribution in [3.8, 4) is 0 Å². The molecule has 112 valence electrons. The summed E-state index contributed by atoms with van der Waals surface area (Å²) in [5, 5.41) is 7.22. The fraction of sp³-hybridized carbons (Fsp3) is 0.600. The molecule has 3 nitrogen and oxygen atoms in total. The Morgan fingerprint density at radius 1 is 1.45 bits per heavy atom. The fourth-order valence-electron chi connectivity index (χ4n) is 2.67. The number of fused-ring (bicyclic) bond motifs is 1. The summed E-state index contributed by atoms with van der Waals surface area (Å²) >= 11 is 2.32. The monoisotopic (exact) mass is 405 g/mol. The summed E-state index contributed by atoms with van der Waals surface area (Å²) in [5.41, 5.74) is 3.84. The van der Waals surface area contributed by atoms with Crippen molar-refractivity contribution in [2.75, 3.05) is 28.0 Å². The second kappa shape index (κ2) is 7.64. The Morgan fingerprint density at radius 2 is 2.25 bits per heavy atom. The highest BCUT2D eigenvalue weighted by Crippen LogP contribution is 2.42. The van der Waals surface area contributed by atoms with Gasteiger partial charge < -0.3 is 15.5 Å². The minimum atomic E-state index is 0.409. The van der Waals surface area contributed by atoms with Crippen LogP contribution in [0.1, 0.15) is 33.6 Å². The summed E-state index contributed by atoms with van der Waals surface area (Å²) in [6.45, 7) is 7.96. The van der Waals surface area contributed by atoms with Crippen molar-refractivity contribution in [3.63, 3.8) is 0 Å². The van der Waals surface area contributed by atoms with Crippen molar-refractivity contribution in [1.29, 1.82) is 0 Å². The van der Waals surface area contributed by atoms with Crippen LogP contribution in [-0.4, -0.2) is 18.6 Å². The molecular formula is C15H24IN3S. The van der Waals surface area contributed by atoms with Crippen LogP contribution in [0.3, 0.4) is 0 Å². The van der Waals surface area contributed by atoms with Gasteiger partial charge in [-0.1, -0.05) is 42.2 Å². The molecule has 1 unspecified atom stereocenters. The van der Waals surface area contributed by atoms with E-state index in [-0.39, 0.29) is 0 Å². The highest BCUT2D eigenvalue weighted by atomic mass is 127. The Bertz CT molecular complexity index is 439. The summed E-state index contributed by atoms with van der Waals surface area (Å²) < 4.78 is 0. The number of halogens is 1. The quantitative estimate of drug-likeness (QED) is 0.485. The van der Waals surface area contributed by atoms with E-state index < -0.39 is 0 Å². The maximum atomic E-state index is 3.72. The SMILES string of the molecule is CCCCN1c2cccc(NCSI)c2NC1C(C)C. The number of benzene rings is 1. The Labute approximate surface area is 138 Å². The van der Waals surface area contributed by atoms with Crippen molar-refractivity contribution in [3.05, 3.63) is 18.2 Å². The maximum Gasteiger partial charge on any atom is 0.101 e. The van der Waals surface area contributed by atoms with Crippen molar-refractivity contribution in [2.45, 2.75) is 39.8 Å². The van der Waals surface area contributed by atoms with E-state index in [9.17, 15) is 0 Å². The van der Waals surface area contributed by atoms with Gasteiger partial charge in [0.15, 0.2) is 0 Å². The average molecular weight is 405 g/mol. The van der Waals surface area contributed by atoms with Gasteiger partial charge in [0, 0.05) is 6.54 Å². The molecule has 0 fully saturated rings. The second-order valence-corrected chi connectivity index (χ2v) is 7.89. The summed E-state index contributed by atoms with van der Waals surface area (Å²) in [7, 11) is 1.78. The van der Waals surface area contributed by atoms with E-state index in [1.807, 2.05) is 0 Å². The van der Waals surface area contributed by atoms with Gasteiger partial charge in [0.2, 0.25) is 0 Å². The first-order valence-electron chi connectivity index (χ1n) is 7.32. The van der Waals surface area contributed by atoms with E-state index >= 15 is 0 Å². The highest BCUT2D eigenvalue weighted by Gasteiger charge is 2.31. The first-order valence-corrected chi connectivity index (χ1v) is 10.9. The number of rotatable bonds is 7. The van der Waals surface area contributed by atoms with Crippen LogP contribution in [0.25, 0.3) is 0 Å². The standard InChI is InChI=1S/C15H24IN3S/c1-4-5-9-19-13-8-6-7-12(17-10-20-16)14(13)18-15(19)11(2)3/h6-8,11,15,17-18H,4-5,9-10H2,1-3H3. The zero-order valence-electron chi connectivity index (χ0n) is 12.4. The van der Waals surface area contributed by atoms with Crippen LogP contribution >= 0.6 is 30.1 Å². The highest BCUT2D eigenvalue weighted by molar-refractivity contribution is 14.2. The molecule has 1 aliphatic rings. The zero-order chi connectivity index (χ0) is 14.5. The predicted molar refractivity (Wildman–Crippen MR) is 101 cm³/mol. The van der Waals surface area contributed by atoms with Crippen LogP contribution in [0.15, 0.2) is 18.2 Å². The number of para-hydroxylation sites is 1. The topological polar surface area (TPSA) is 27.3 Å². The van der Waals surface area contributed by atoms with Gasteiger partial charge in [0.05, 0.1) is 22.9 Å². The Balaban J connectivity index is 2.26. The van der Waals surface area contributed by atoms with Crippen LogP contribution in [-0.2, 0) is 0 Å². The predicted octanol–water partition coefficient (Wildman–Crippen LogP) is 5.15. The summed E-state index contributed by atoms with van der Waals surface area (Å²) in [5.74, 6) is 1.52. The van der Waals surface area contributed by atoms with Crippen molar-refractivity contribution in [2.24, 2.45) is 5.92 Å². The Kier molecular flexibility index (Phi) is 6.14. The molecule has 0 aromatic heterocycles. The second-order valence-electron chi connectivity index (χ2n) is 5.51. The number of nitrogens with zero attached hydrogens (tertiary/aromatic N) is 1. The maximum absolute atomic E-state index is 3.72. The van der Waals surface area contributed by atoms with Gasteiger partial charge in [-0.25, -0.2) is 0 Å². The van der Waals surface area contributed by atoms with Crippen molar-refractivity contribution >= 4 is 47.2 Å². The van der Waals surface area contributed by atoms with Crippen LogP contribution in [0, 0.1) is 5.92 Å². The molecule has 20 heavy (non-hydrogen) atoms. The van der Waals surface area contributed by atoms with E-state index in [2.05, 4.69) is 75.7 Å².